The van der Waals surface area contributed by atoms with Crippen LogP contribution >= 0.6 is 15.9 Å². The van der Waals surface area contributed by atoms with Crippen LogP contribution in [0.2, 0.25) is 0 Å². The molecule has 0 bridgehead atoms. The van der Waals surface area contributed by atoms with Crippen molar-refractivity contribution in [1.82, 2.24) is 4.90 Å². The summed E-state index contributed by atoms with van der Waals surface area (Å²) in [7, 11) is 1.38. The van der Waals surface area contributed by atoms with Gasteiger partial charge in [-0.25, -0.2) is 4.79 Å². The molecule has 0 saturated carbocycles. The Bertz CT molecular complexity index is 457. The van der Waals surface area contributed by atoms with Crippen molar-refractivity contribution in [3.05, 3.63) is 34.3 Å². The normalized spacial score (nSPS) is 13.3. The minimum atomic E-state index is -0.881. The molecule has 1 N–H and O–H groups in total. The number of hydrogen-bond donors (Lipinski definition) is 1. The Balaban J connectivity index is 3.14. The van der Waals surface area contributed by atoms with Gasteiger partial charge in [0.25, 0.3) is 0 Å². The second-order valence-electron chi connectivity index (χ2n) is 5.36. The topological polar surface area (TPSA) is 49.8 Å². The zero-order valence-corrected chi connectivity index (χ0v) is 14.0. The maximum Gasteiger partial charge on any atom is 0.327 e. The van der Waals surface area contributed by atoms with Crippen molar-refractivity contribution in [2.45, 2.75) is 32.4 Å². The minimum Gasteiger partial charge on any atom is -0.468 e. The molecule has 4 nitrogen and oxygen atoms in total. The van der Waals surface area contributed by atoms with E-state index in [0.29, 0.717) is 13.1 Å². The van der Waals surface area contributed by atoms with Gasteiger partial charge in [0, 0.05) is 11.0 Å². The molecule has 0 radical (unpaired) electrons. The van der Waals surface area contributed by atoms with Crippen molar-refractivity contribution in [3.63, 3.8) is 0 Å². The Hall–Kier alpha value is -0.910. The molecular weight excluding hydrogens is 322 g/mol. The van der Waals surface area contributed by atoms with Crippen molar-refractivity contribution in [3.8, 4) is 0 Å². The standard InChI is InChI=1S/C15H22BrNO3/c1-5-17(10-15(2,3)19)13(14(18)20-4)11-7-6-8-12(16)9-11/h6-9,13,19H,5,10H2,1-4H3. The number of esters is 1. The van der Waals surface area contributed by atoms with Gasteiger partial charge in [-0.05, 0) is 38.1 Å². The van der Waals surface area contributed by atoms with Gasteiger partial charge in [0.05, 0.1) is 12.7 Å². The highest BCUT2D eigenvalue weighted by Crippen LogP contribution is 2.26. The lowest BCUT2D eigenvalue weighted by atomic mass is 10.0. The Morgan fingerprint density at radius 3 is 2.60 bits per heavy atom. The first-order chi connectivity index (χ1) is 9.28. The van der Waals surface area contributed by atoms with Crippen LogP contribution < -0.4 is 0 Å². The van der Waals surface area contributed by atoms with E-state index in [2.05, 4.69) is 15.9 Å². The first kappa shape index (κ1) is 17.1. The molecule has 0 aliphatic carbocycles. The second kappa shape index (κ2) is 7.20. The largest absolute Gasteiger partial charge is 0.468 e. The number of aliphatic hydroxyl groups is 1. The van der Waals surface area contributed by atoms with Crippen molar-refractivity contribution in [2.75, 3.05) is 20.2 Å². The summed E-state index contributed by atoms with van der Waals surface area (Å²) in [4.78, 5) is 14.1. The molecule has 0 saturated heterocycles. The molecule has 0 fully saturated rings. The number of rotatable bonds is 6. The van der Waals surface area contributed by atoms with Crippen molar-refractivity contribution in [1.29, 1.82) is 0 Å². The van der Waals surface area contributed by atoms with Gasteiger partial charge in [-0.2, -0.15) is 0 Å². The van der Waals surface area contributed by atoms with Crippen molar-refractivity contribution >= 4 is 21.9 Å². The molecular formula is C15H22BrNO3. The third-order valence-electron chi connectivity index (χ3n) is 2.95. The molecule has 1 aromatic rings. The van der Waals surface area contributed by atoms with E-state index >= 15 is 0 Å². The number of nitrogens with zero attached hydrogens (tertiary/aromatic N) is 1. The fourth-order valence-electron chi connectivity index (χ4n) is 2.17. The van der Waals surface area contributed by atoms with Gasteiger partial charge in [0.2, 0.25) is 0 Å². The van der Waals surface area contributed by atoms with E-state index in [4.69, 9.17) is 4.74 Å². The van der Waals surface area contributed by atoms with E-state index in [-0.39, 0.29) is 5.97 Å². The Kier molecular flexibility index (Phi) is 6.17. The number of carbonyl (C=O) groups is 1. The summed E-state index contributed by atoms with van der Waals surface area (Å²) in [6.45, 7) is 6.43. The highest BCUT2D eigenvalue weighted by Gasteiger charge is 2.31. The SMILES string of the molecule is CCN(CC(C)(C)O)C(C(=O)OC)c1cccc(Br)c1. The zero-order chi connectivity index (χ0) is 15.3. The number of hydrogen-bond acceptors (Lipinski definition) is 4. The highest BCUT2D eigenvalue weighted by atomic mass is 79.9. The van der Waals surface area contributed by atoms with E-state index < -0.39 is 11.6 Å². The van der Waals surface area contributed by atoms with E-state index in [1.807, 2.05) is 36.1 Å². The van der Waals surface area contributed by atoms with E-state index in [0.717, 1.165) is 10.0 Å². The summed E-state index contributed by atoms with van der Waals surface area (Å²) in [5, 5.41) is 10.0. The van der Waals surface area contributed by atoms with Crippen LogP contribution in [0.1, 0.15) is 32.4 Å². The highest BCUT2D eigenvalue weighted by molar-refractivity contribution is 9.10. The molecule has 112 valence electrons. The van der Waals surface area contributed by atoms with E-state index in [1.165, 1.54) is 7.11 Å². The monoisotopic (exact) mass is 343 g/mol. The fraction of sp³-hybridized carbons (Fsp3) is 0.533. The number of halogens is 1. The van der Waals surface area contributed by atoms with Crippen LogP contribution in [0.4, 0.5) is 0 Å². The lowest BCUT2D eigenvalue weighted by molar-refractivity contribution is -0.148. The Labute approximate surface area is 128 Å². The molecule has 0 amide bonds. The third-order valence-corrected chi connectivity index (χ3v) is 3.44. The summed E-state index contributed by atoms with van der Waals surface area (Å²) in [5.41, 5.74) is -0.0359. The van der Waals surface area contributed by atoms with Crippen LogP contribution in [0.25, 0.3) is 0 Å². The summed E-state index contributed by atoms with van der Waals surface area (Å²) >= 11 is 3.41. The molecule has 0 spiro atoms. The first-order valence-corrected chi connectivity index (χ1v) is 7.37. The van der Waals surface area contributed by atoms with E-state index in [9.17, 15) is 9.90 Å². The van der Waals surface area contributed by atoms with E-state index in [1.54, 1.807) is 13.8 Å². The lowest BCUT2D eigenvalue weighted by Crippen LogP contribution is -2.43. The van der Waals surface area contributed by atoms with Gasteiger partial charge < -0.3 is 9.84 Å². The van der Waals surface area contributed by atoms with Crippen LogP contribution in [-0.2, 0) is 9.53 Å². The third kappa shape index (κ3) is 4.89. The summed E-state index contributed by atoms with van der Waals surface area (Å²) in [6, 6.07) is 7.06. The molecule has 1 aromatic carbocycles. The van der Waals surface area contributed by atoms with Gasteiger partial charge in [0.1, 0.15) is 6.04 Å². The molecule has 0 aromatic heterocycles. The van der Waals surface area contributed by atoms with Gasteiger partial charge >= 0.3 is 5.97 Å². The predicted octanol–water partition coefficient (Wildman–Crippen LogP) is 2.76. The fourth-order valence-corrected chi connectivity index (χ4v) is 2.58. The minimum absolute atomic E-state index is 0.325. The molecule has 0 aliphatic rings. The number of benzene rings is 1. The molecule has 1 atom stereocenters. The Morgan fingerprint density at radius 1 is 1.50 bits per heavy atom. The first-order valence-electron chi connectivity index (χ1n) is 6.58. The van der Waals surface area contributed by atoms with Gasteiger partial charge in [-0.3, -0.25) is 4.90 Å². The molecule has 1 unspecified atom stereocenters. The van der Waals surface area contributed by atoms with Crippen LogP contribution in [0.3, 0.4) is 0 Å². The molecule has 5 heteroatoms. The maximum absolute atomic E-state index is 12.1. The Morgan fingerprint density at radius 2 is 2.15 bits per heavy atom. The molecule has 20 heavy (non-hydrogen) atoms. The predicted molar refractivity (Wildman–Crippen MR) is 82.4 cm³/mol. The number of likely N-dealkylation sites (N-methyl/N-ethyl adjacent to an activating group) is 1. The van der Waals surface area contributed by atoms with Crippen molar-refractivity contribution < 1.29 is 14.6 Å². The lowest BCUT2D eigenvalue weighted by Gasteiger charge is -2.33. The summed E-state index contributed by atoms with van der Waals surface area (Å²) in [6.07, 6.45) is 0. The quantitative estimate of drug-likeness (QED) is 0.807. The van der Waals surface area contributed by atoms with Crippen LogP contribution in [-0.4, -0.2) is 41.8 Å². The van der Waals surface area contributed by atoms with Crippen LogP contribution in [0.5, 0.6) is 0 Å². The zero-order valence-electron chi connectivity index (χ0n) is 12.4. The van der Waals surface area contributed by atoms with Crippen LogP contribution in [0.15, 0.2) is 28.7 Å². The summed E-state index contributed by atoms with van der Waals surface area (Å²) < 4.78 is 5.83. The van der Waals surface area contributed by atoms with Gasteiger partial charge in [-0.1, -0.05) is 35.0 Å². The smallest absolute Gasteiger partial charge is 0.327 e. The van der Waals surface area contributed by atoms with Crippen LogP contribution in [0, 0.1) is 0 Å². The number of ether oxygens (including phenoxy) is 1. The molecule has 1 rings (SSSR count). The summed E-state index contributed by atoms with van der Waals surface area (Å²) in [5.74, 6) is -0.325. The average molecular weight is 344 g/mol. The van der Waals surface area contributed by atoms with Gasteiger partial charge in [0.15, 0.2) is 0 Å². The van der Waals surface area contributed by atoms with Crippen molar-refractivity contribution in [2.24, 2.45) is 0 Å². The number of methoxy groups -OCH3 is 1. The molecule has 0 heterocycles. The maximum atomic E-state index is 12.1. The molecule has 0 aliphatic heterocycles. The second-order valence-corrected chi connectivity index (χ2v) is 6.27. The average Bonchev–Trinajstić information content (AvgIpc) is 2.36. The van der Waals surface area contributed by atoms with Gasteiger partial charge in [-0.15, -0.1) is 0 Å². The number of carbonyl (C=O) groups excluding carboxylic acids is 1.